The number of hydrogen-bond acceptors (Lipinski definition) is 3. The van der Waals surface area contributed by atoms with Crippen molar-refractivity contribution in [3.63, 3.8) is 0 Å². The number of carbonyl (C=O) groups excluding carboxylic acids is 1. The maximum Gasteiger partial charge on any atom is 0.254 e. The van der Waals surface area contributed by atoms with Gasteiger partial charge in [0.15, 0.2) is 0 Å². The maximum absolute atomic E-state index is 12.9. The first-order valence-corrected chi connectivity index (χ1v) is 7.87. The monoisotopic (exact) mass is 298 g/mol. The average Bonchev–Trinajstić information content (AvgIpc) is 3.01. The second-order valence-corrected chi connectivity index (χ2v) is 6.01. The zero-order valence-corrected chi connectivity index (χ0v) is 13.4. The van der Waals surface area contributed by atoms with E-state index in [0.29, 0.717) is 5.92 Å². The van der Waals surface area contributed by atoms with Gasteiger partial charge in [-0.1, -0.05) is 13.3 Å². The Hall–Kier alpha value is -2.10. The number of amides is 1. The molecule has 0 aliphatic carbocycles. The van der Waals surface area contributed by atoms with Crippen LogP contribution in [0, 0.1) is 12.8 Å². The molecule has 1 amide bonds. The molecule has 1 aliphatic rings. The predicted octanol–water partition coefficient (Wildman–Crippen LogP) is 3.42. The van der Waals surface area contributed by atoms with E-state index in [2.05, 4.69) is 11.9 Å². The molecule has 0 saturated carbocycles. The molecular formula is C18H22N2O2. The molecule has 1 saturated heterocycles. The van der Waals surface area contributed by atoms with Crippen LogP contribution in [0.1, 0.15) is 35.8 Å². The highest BCUT2D eigenvalue weighted by Crippen LogP contribution is 2.27. The lowest BCUT2D eigenvalue weighted by molar-refractivity contribution is 0.0788. The minimum absolute atomic E-state index is 0.122. The quantitative estimate of drug-likeness (QED) is 0.872. The number of nitrogens with zero attached hydrogens (tertiary/aromatic N) is 2. The Morgan fingerprint density at radius 1 is 1.41 bits per heavy atom. The van der Waals surface area contributed by atoms with E-state index in [1.165, 1.54) is 0 Å². The van der Waals surface area contributed by atoms with Gasteiger partial charge in [-0.05, 0) is 37.5 Å². The standard InChI is InChI=1S/C18H22N2O2/c1-4-13-7-8-20(11-13)18(21)16-9-12(2)19-17-10-14(22-3)5-6-15(16)17/h5-6,9-10,13H,4,7-8,11H2,1-3H3/t13-/m1/s1. The summed E-state index contributed by atoms with van der Waals surface area (Å²) in [5.74, 6) is 1.52. The van der Waals surface area contributed by atoms with Gasteiger partial charge in [-0.15, -0.1) is 0 Å². The zero-order valence-electron chi connectivity index (χ0n) is 13.4. The summed E-state index contributed by atoms with van der Waals surface area (Å²) in [5, 5.41) is 0.899. The van der Waals surface area contributed by atoms with Crippen LogP contribution in [0.3, 0.4) is 0 Å². The third-order valence-corrected chi connectivity index (χ3v) is 4.53. The lowest BCUT2D eigenvalue weighted by atomic mass is 10.1. The number of pyridine rings is 1. The van der Waals surface area contributed by atoms with E-state index in [1.807, 2.05) is 36.1 Å². The average molecular weight is 298 g/mol. The topological polar surface area (TPSA) is 42.4 Å². The number of methoxy groups -OCH3 is 1. The Kier molecular flexibility index (Phi) is 4.01. The number of likely N-dealkylation sites (tertiary alicyclic amines) is 1. The molecule has 0 spiro atoms. The summed E-state index contributed by atoms with van der Waals surface area (Å²) in [6.07, 6.45) is 2.25. The molecule has 0 N–H and O–H groups in total. The van der Waals surface area contributed by atoms with Crippen LogP contribution >= 0.6 is 0 Å². The number of fused-ring (bicyclic) bond motifs is 1. The molecule has 3 rings (SSSR count). The molecule has 4 heteroatoms. The Bertz CT molecular complexity index is 712. The van der Waals surface area contributed by atoms with E-state index < -0.39 is 0 Å². The first-order valence-electron chi connectivity index (χ1n) is 7.87. The Morgan fingerprint density at radius 2 is 2.23 bits per heavy atom. The molecule has 0 bridgehead atoms. The molecule has 1 aromatic carbocycles. The van der Waals surface area contributed by atoms with Gasteiger partial charge in [0.2, 0.25) is 0 Å². The third-order valence-electron chi connectivity index (χ3n) is 4.53. The van der Waals surface area contributed by atoms with E-state index in [0.717, 1.165) is 53.8 Å². The van der Waals surface area contributed by atoms with Gasteiger partial charge in [-0.2, -0.15) is 0 Å². The lowest BCUT2D eigenvalue weighted by Crippen LogP contribution is -2.29. The van der Waals surface area contributed by atoms with Crippen LogP contribution in [0.15, 0.2) is 24.3 Å². The number of aryl methyl sites for hydroxylation is 1. The van der Waals surface area contributed by atoms with Crippen LogP contribution in [0.5, 0.6) is 5.75 Å². The summed E-state index contributed by atoms with van der Waals surface area (Å²) in [6.45, 7) is 5.84. The molecule has 2 heterocycles. The summed E-state index contributed by atoms with van der Waals surface area (Å²) in [5.41, 5.74) is 2.42. The summed E-state index contributed by atoms with van der Waals surface area (Å²) < 4.78 is 5.26. The van der Waals surface area contributed by atoms with Crippen LogP contribution in [-0.4, -0.2) is 36.0 Å². The molecule has 0 radical (unpaired) electrons. The largest absolute Gasteiger partial charge is 0.497 e. The fourth-order valence-electron chi connectivity index (χ4n) is 3.17. The van der Waals surface area contributed by atoms with E-state index in [-0.39, 0.29) is 5.91 Å². The molecule has 116 valence electrons. The molecule has 0 unspecified atom stereocenters. The normalized spacial score (nSPS) is 18.0. The molecule has 1 aromatic heterocycles. The van der Waals surface area contributed by atoms with Crippen molar-refractivity contribution in [2.24, 2.45) is 5.92 Å². The van der Waals surface area contributed by atoms with Crippen LogP contribution in [0.4, 0.5) is 0 Å². The highest BCUT2D eigenvalue weighted by molar-refractivity contribution is 6.06. The number of hydrogen-bond donors (Lipinski definition) is 0. The first kappa shape index (κ1) is 14.8. The van der Waals surface area contributed by atoms with Crippen LogP contribution in [0.2, 0.25) is 0 Å². The number of aromatic nitrogens is 1. The van der Waals surface area contributed by atoms with Crippen molar-refractivity contribution in [3.8, 4) is 5.75 Å². The highest BCUT2D eigenvalue weighted by atomic mass is 16.5. The highest BCUT2D eigenvalue weighted by Gasteiger charge is 2.27. The number of ether oxygens (including phenoxy) is 1. The van der Waals surface area contributed by atoms with Crippen molar-refractivity contribution in [1.29, 1.82) is 0 Å². The minimum Gasteiger partial charge on any atom is -0.497 e. The smallest absolute Gasteiger partial charge is 0.254 e. The molecule has 1 aliphatic heterocycles. The van der Waals surface area contributed by atoms with Crippen molar-refractivity contribution < 1.29 is 9.53 Å². The number of benzene rings is 1. The van der Waals surface area contributed by atoms with Crippen molar-refractivity contribution in [2.75, 3.05) is 20.2 Å². The predicted molar refractivity (Wildman–Crippen MR) is 87.3 cm³/mol. The number of rotatable bonds is 3. The van der Waals surface area contributed by atoms with Gasteiger partial charge in [0.25, 0.3) is 5.91 Å². The fourth-order valence-corrected chi connectivity index (χ4v) is 3.17. The van der Waals surface area contributed by atoms with Crippen LogP contribution in [0.25, 0.3) is 10.9 Å². The van der Waals surface area contributed by atoms with Crippen molar-refractivity contribution in [1.82, 2.24) is 9.88 Å². The van der Waals surface area contributed by atoms with Crippen molar-refractivity contribution in [2.45, 2.75) is 26.7 Å². The summed E-state index contributed by atoms with van der Waals surface area (Å²) in [6, 6.07) is 7.60. The summed E-state index contributed by atoms with van der Waals surface area (Å²) in [4.78, 5) is 19.4. The molecule has 2 aromatic rings. The van der Waals surface area contributed by atoms with E-state index in [9.17, 15) is 4.79 Å². The van der Waals surface area contributed by atoms with Crippen molar-refractivity contribution in [3.05, 3.63) is 35.5 Å². The second kappa shape index (κ2) is 5.95. The van der Waals surface area contributed by atoms with Gasteiger partial charge < -0.3 is 9.64 Å². The minimum atomic E-state index is 0.122. The van der Waals surface area contributed by atoms with Gasteiger partial charge in [0.05, 0.1) is 18.2 Å². The molecule has 1 atom stereocenters. The summed E-state index contributed by atoms with van der Waals surface area (Å²) >= 11 is 0. The second-order valence-electron chi connectivity index (χ2n) is 6.01. The van der Waals surface area contributed by atoms with E-state index in [1.54, 1.807) is 7.11 Å². The van der Waals surface area contributed by atoms with E-state index in [4.69, 9.17) is 4.74 Å². The van der Waals surface area contributed by atoms with Gasteiger partial charge >= 0.3 is 0 Å². The summed E-state index contributed by atoms with van der Waals surface area (Å²) in [7, 11) is 1.64. The van der Waals surface area contributed by atoms with Crippen LogP contribution in [-0.2, 0) is 0 Å². The van der Waals surface area contributed by atoms with Gasteiger partial charge in [-0.25, -0.2) is 0 Å². The van der Waals surface area contributed by atoms with Crippen molar-refractivity contribution >= 4 is 16.8 Å². The van der Waals surface area contributed by atoms with Gasteiger partial charge in [0.1, 0.15) is 5.75 Å². The number of carbonyl (C=O) groups is 1. The van der Waals surface area contributed by atoms with Gasteiger partial charge in [0, 0.05) is 30.2 Å². The molecule has 1 fully saturated rings. The third kappa shape index (κ3) is 2.65. The lowest BCUT2D eigenvalue weighted by Gasteiger charge is -2.18. The van der Waals surface area contributed by atoms with E-state index >= 15 is 0 Å². The Balaban J connectivity index is 2.01. The zero-order chi connectivity index (χ0) is 15.7. The fraction of sp³-hybridized carbons (Fsp3) is 0.444. The molecule has 4 nitrogen and oxygen atoms in total. The Morgan fingerprint density at radius 3 is 2.91 bits per heavy atom. The molecule has 22 heavy (non-hydrogen) atoms. The molecular weight excluding hydrogens is 276 g/mol. The maximum atomic E-state index is 12.9. The SMILES string of the molecule is CC[C@@H]1CCN(C(=O)c2cc(C)nc3cc(OC)ccc23)C1. The first-order chi connectivity index (χ1) is 10.6. The van der Waals surface area contributed by atoms with Gasteiger partial charge in [-0.3, -0.25) is 9.78 Å². The van der Waals surface area contributed by atoms with Crippen LogP contribution < -0.4 is 4.74 Å². The Labute approximate surface area is 131 Å².